The number of carbonyl (C=O) groups excluding carboxylic acids is 2. The van der Waals surface area contributed by atoms with Gasteiger partial charge in [0.25, 0.3) is 0 Å². The number of hydrogen-bond acceptors (Lipinski definition) is 4. The van der Waals surface area contributed by atoms with Crippen LogP contribution in [0.5, 0.6) is 0 Å². The summed E-state index contributed by atoms with van der Waals surface area (Å²) in [6.07, 6.45) is 44.8. The number of hydrogen-bond donors (Lipinski definition) is 0. The Morgan fingerprint density at radius 1 is 0.565 bits per heavy atom. The minimum atomic E-state index is -0.729. The zero-order valence-corrected chi connectivity index (χ0v) is 52.0. The Morgan fingerprint density at radius 2 is 0.870 bits per heavy atom. The largest absolute Gasteiger partial charge is 1.00 e. The maximum absolute atomic E-state index is 11.0. The molecule has 0 atom stereocenters. The molecule has 1 heterocycles. The Balaban J connectivity index is -0.000000419. The van der Waals surface area contributed by atoms with Crippen LogP contribution in [-0.2, 0) is 16.1 Å². The van der Waals surface area contributed by atoms with Crippen LogP contribution < -0.4 is 34.0 Å². The lowest BCUT2D eigenvalue weighted by atomic mass is 10.0. The van der Waals surface area contributed by atoms with Crippen molar-refractivity contribution in [2.24, 2.45) is 0 Å². The Bertz CT molecular complexity index is 1420. The molecule has 0 saturated carbocycles. The van der Waals surface area contributed by atoms with E-state index >= 15 is 0 Å². The van der Waals surface area contributed by atoms with Gasteiger partial charge in [0.05, 0.1) is 27.2 Å². The number of aromatic nitrogens is 1. The van der Waals surface area contributed by atoms with Gasteiger partial charge in [0.15, 0.2) is 12.4 Å². The van der Waals surface area contributed by atoms with Gasteiger partial charge in [-0.3, -0.25) is 9.59 Å². The van der Waals surface area contributed by atoms with Crippen LogP contribution in [0.15, 0.2) is 62.3 Å². The van der Waals surface area contributed by atoms with Gasteiger partial charge in [0.2, 0.25) is 11.6 Å². The van der Waals surface area contributed by atoms with Crippen LogP contribution in [0.2, 0.25) is 0 Å². The summed E-state index contributed by atoms with van der Waals surface area (Å²) in [5.74, 6) is -0.752. The molecule has 1 aromatic heterocycles. The number of thiocarbonyl (C=S) groups is 1. The van der Waals surface area contributed by atoms with Crippen molar-refractivity contribution in [3.8, 4) is 0 Å². The van der Waals surface area contributed by atoms with Crippen LogP contribution in [0, 0.1) is 0 Å². The molecule has 14 heteroatoms. The standard InChI is InChI=1S/C21H38N.C20H44N.C8H14ClNS2.C6Cl4O2.BrH.ClH/c1-2-3-4-5-6-7-8-9-10-11-12-13-14-16-19-22-20-17-15-18-21-22;1-5-7-8-9-10-11-12-13-14-15-16-17-18-19-20-21(3,4)6-2;1-4-10(5-2)8(11)12-6-7(3)9;7-1-2(8)6(12)4(10)3(9)5(1)11;;/h15,17-18,20-21H,2-14,16,19H2,1H3;5-20H2,1-4H3;3-6H2,1-2H3;;2*1H/q2*+1;;;;/p-2. The first kappa shape index (κ1) is 75.6. The summed E-state index contributed by atoms with van der Waals surface area (Å²) < 4.78 is 4.39. The number of quaternary nitrogens is 1. The third-order valence-corrected chi connectivity index (χ3v) is 15.6. The molecule has 0 aliphatic heterocycles. The highest BCUT2D eigenvalue weighted by atomic mass is 79.9. The number of aryl methyl sites for hydroxylation is 1. The summed E-state index contributed by atoms with van der Waals surface area (Å²) in [5.41, 5.74) is 0. The van der Waals surface area contributed by atoms with Gasteiger partial charge in [-0.05, 0) is 40.0 Å². The second-order valence-electron chi connectivity index (χ2n) is 18.4. The highest BCUT2D eigenvalue weighted by Crippen LogP contribution is 2.32. The monoisotopic (exact) mass is 1180 g/mol. The molecule has 0 unspecified atom stereocenters. The summed E-state index contributed by atoms with van der Waals surface area (Å²) in [6, 6.07) is 6.31. The Labute approximate surface area is 476 Å². The van der Waals surface area contributed by atoms with E-state index in [1.54, 1.807) is 11.8 Å². The van der Waals surface area contributed by atoms with E-state index in [1.807, 2.05) is 0 Å². The molecule has 0 N–H and O–H groups in total. The van der Waals surface area contributed by atoms with Crippen molar-refractivity contribution in [1.29, 1.82) is 0 Å². The van der Waals surface area contributed by atoms with E-state index in [0.29, 0.717) is 10.8 Å². The van der Waals surface area contributed by atoms with Gasteiger partial charge in [0.1, 0.15) is 31.0 Å². The molecule has 0 amide bonds. The first-order chi connectivity index (χ1) is 32.1. The molecule has 1 aliphatic carbocycles. The molecule has 0 aromatic carbocycles. The number of allylic oxidation sites excluding steroid dienone is 4. The SMILES string of the molecule is C=C(Cl)CSC(=S)N(CC)CC.CCCCCCCCCCCCCCCC[N+](C)(C)CC.CCCCCCCCCCCCCCCC[n+]1ccccc1.O=C1C(Cl)=C(Cl)C(=O)C(Cl)=C1Cl.[Br-].[Cl-]. The van der Waals surface area contributed by atoms with Crippen LogP contribution in [-0.4, -0.2) is 71.3 Å². The molecule has 0 bridgehead atoms. The van der Waals surface area contributed by atoms with E-state index in [1.165, 1.54) is 204 Å². The lowest BCUT2D eigenvalue weighted by Crippen LogP contribution is -3.00. The molecule has 0 radical (unpaired) electrons. The topological polar surface area (TPSA) is 41.3 Å². The third-order valence-electron chi connectivity index (χ3n) is 12.1. The van der Waals surface area contributed by atoms with Crippen LogP contribution in [0.25, 0.3) is 0 Å². The van der Waals surface area contributed by atoms with Crippen LogP contribution >= 0.6 is 82.0 Å². The first-order valence-electron chi connectivity index (χ1n) is 26.3. The summed E-state index contributed by atoms with van der Waals surface area (Å²) in [7, 11) is 4.70. The third kappa shape index (κ3) is 45.3. The van der Waals surface area contributed by atoms with Crippen molar-refractivity contribution >= 4 is 97.9 Å². The average molecular weight is 1190 g/mol. The normalized spacial score (nSPS) is 12.2. The van der Waals surface area contributed by atoms with Crippen LogP contribution in [0.4, 0.5) is 0 Å². The van der Waals surface area contributed by atoms with Gasteiger partial charge < -0.3 is 38.8 Å². The van der Waals surface area contributed by atoms with Crippen LogP contribution in [0.3, 0.4) is 0 Å². The number of rotatable bonds is 35. The van der Waals surface area contributed by atoms with Gasteiger partial charge in [-0.2, -0.15) is 0 Å². The summed E-state index contributed by atoms with van der Waals surface area (Å²) in [4.78, 5) is 24.1. The van der Waals surface area contributed by atoms with Crippen molar-refractivity contribution in [1.82, 2.24) is 4.90 Å². The second kappa shape index (κ2) is 53.0. The van der Waals surface area contributed by atoms with Crippen molar-refractivity contribution in [2.45, 2.75) is 221 Å². The molecule has 0 saturated heterocycles. The maximum atomic E-state index is 11.0. The van der Waals surface area contributed by atoms with E-state index < -0.39 is 31.7 Å². The number of unbranched alkanes of at least 4 members (excludes halogenated alkanes) is 26. The van der Waals surface area contributed by atoms with Crippen molar-refractivity contribution in [2.75, 3.05) is 46.0 Å². The first-order valence-corrected chi connectivity index (χ1v) is 29.6. The summed E-state index contributed by atoms with van der Waals surface area (Å²) in [6.45, 7) is 20.4. The highest BCUT2D eigenvalue weighted by Gasteiger charge is 2.31. The molecule has 1 aliphatic rings. The smallest absolute Gasteiger partial charge is 0.219 e. The Morgan fingerprint density at radius 3 is 1.16 bits per heavy atom. The van der Waals surface area contributed by atoms with Gasteiger partial charge in [-0.15, -0.1) is 0 Å². The maximum Gasteiger partial charge on any atom is 0.219 e. The zero-order chi connectivity index (χ0) is 50.6. The molecule has 404 valence electrons. The van der Waals surface area contributed by atoms with Gasteiger partial charge in [-0.1, -0.05) is 263 Å². The highest BCUT2D eigenvalue weighted by molar-refractivity contribution is 8.23. The fourth-order valence-corrected chi connectivity index (χ4v) is 9.41. The van der Waals surface area contributed by atoms with E-state index in [4.69, 9.17) is 70.2 Å². The quantitative estimate of drug-likeness (QED) is 0.0223. The summed E-state index contributed by atoms with van der Waals surface area (Å²) >= 11 is 33.9. The van der Waals surface area contributed by atoms with Gasteiger partial charge in [0, 0.05) is 42.4 Å². The number of Topliss-reactive ketones (excluding diaryl/α,β-unsaturated/α-hetero) is 2. The Hall–Kier alpha value is 0.130. The number of halogens is 7. The minimum absolute atomic E-state index is 0. The van der Waals surface area contributed by atoms with E-state index in [2.05, 4.69) is 95.4 Å². The number of thioether (sulfide) groups is 1. The average Bonchev–Trinajstić information content (AvgIpc) is 3.33. The van der Waals surface area contributed by atoms with E-state index in [-0.39, 0.29) is 29.4 Å². The Kier molecular flexibility index (Phi) is 58.1. The van der Waals surface area contributed by atoms with E-state index in [9.17, 15) is 9.59 Å². The fourth-order valence-electron chi connectivity index (χ4n) is 7.27. The molecule has 0 fully saturated rings. The molecular formula is C55H96BrCl6N3O2S2. The fraction of sp³-hybridized carbons (Fsp3) is 0.745. The molecule has 5 nitrogen and oxygen atoms in total. The van der Waals surface area contributed by atoms with Gasteiger partial charge in [-0.25, -0.2) is 4.57 Å². The molecule has 69 heavy (non-hydrogen) atoms. The molecule has 0 spiro atoms. The van der Waals surface area contributed by atoms with Crippen molar-refractivity contribution < 1.29 is 48.0 Å². The minimum Gasteiger partial charge on any atom is -1.00 e. The van der Waals surface area contributed by atoms with Gasteiger partial charge >= 0.3 is 0 Å². The second-order valence-corrected chi connectivity index (χ2v) is 22.1. The number of pyridine rings is 1. The van der Waals surface area contributed by atoms with Crippen LogP contribution in [0.1, 0.15) is 214 Å². The van der Waals surface area contributed by atoms with Crippen molar-refractivity contribution in [3.63, 3.8) is 0 Å². The lowest BCUT2D eigenvalue weighted by molar-refractivity contribution is -0.888. The number of carbonyl (C=O) groups is 2. The lowest BCUT2D eigenvalue weighted by Gasteiger charge is -2.28. The van der Waals surface area contributed by atoms with E-state index in [0.717, 1.165) is 17.4 Å². The molecule has 1 aromatic rings. The zero-order valence-electron chi connectivity index (χ0n) is 44.3. The predicted octanol–water partition coefficient (Wildman–Crippen LogP) is 12.6. The summed E-state index contributed by atoms with van der Waals surface area (Å²) in [5, 5.41) is -0.922. The number of ketones is 2. The predicted molar refractivity (Wildman–Crippen MR) is 305 cm³/mol. The number of nitrogens with zero attached hydrogens (tertiary/aromatic N) is 3. The molecule has 2 rings (SSSR count). The molecular weight excluding hydrogens is 1090 g/mol. The van der Waals surface area contributed by atoms with Crippen molar-refractivity contribution in [3.05, 3.63) is 62.3 Å².